The number of H-pyrrole nitrogens is 1. The first kappa shape index (κ1) is 14.9. The SMILES string of the molecule is CCCCOC(=O)c1[nH]nc(-c2ccc(OC)cc2)c1N. The van der Waals surface area contributed by atoms with Crippen molar-refractivity contribution in [3.8, 4) is 17.0 Å². The average Bonchev–Trinajstić information content (AvgIpc) is 2.89. The van der Waals surface area contributed by atoms with E-state index >= 15 is 0 Å². The number of unbranched alkanes of at least 4 members (excludes halogenated alkanes) is 1. The van der Waals surface area contributed by atoms with Crippen molar-refractivity contribution in [3.05, 3.63) is 30.0 Å². The molecule has 0 bridgehead atoms. The maximum absolute atomic E-state index is 11.9. The molecule has 6 nitrogen and oxygen atoms in total. The Balaban J connectivity index is 2.17. The van der Waals surface area contributed by atoms with Gasteiger partial charge in [-0.3, -0.25) is 5.10 Å². The number of rotatable bonds is 6. The van der Waals surface area contributed by atoms with Gasteiger partial charge in [-0.1, -0.05) is 13.3 Å². The molecule has 3 N–H and O–H groups in total. The van der Waals surface area contributed by atoms with Gasteiger partial charge < -0.3 is 15.2 Å². The molecule has 0 saturated carbocycles. The molecule has 0 saturated heterocycles. The molecule has 21 heavy (non-hydrogen) atoms. The molecule has 0 fully saturated rings. The summed E-state index contributed by atoms with van der Waals surface area (Å²) >= 11 is 0. The van der Waals surface area contributed by atoms with E-state index in [1.807, 2.05) is 31.2 Å². The molecule has 0 atom stereocenters. The third kappa shape index (κ3) is 3.34. The zero-order chi connectivity index (χ0) is 15.2. The van der Waals surface area contributed by atoms with Gasteiger partial charge >= 0.3 is 5.97 Å². The van der Waals surface area contributed by atoms with Crippen molar-refractivity contribution in [2.45, 2.75) is 19.8 Å². The van der Waals surface area contributed by atoms with Gasteiger partial charge in [0.1, 0.15) is 11.4 Å². The van der Waals surface area contributed by atoms with Gasteiger partial charge in [0.05, 0.1) is 19.4 Å². The number of nitrogens with one attached hydrogen (secondary N) is 1. The van der Waals surface area contributed by atoms with Crippen molar-refractivity contribution in [2.24, 2.45) is 0 Å². The number of methoxy groups -OCH3 is 1. The van der Waals surface area contributed by atoms with Gasteiger partial charge in [0, 0.05) is 5.56 Å². The first-order valence-corrected chi connectivity index (χ1v) is 6.82. The fraction of sp³-hybridized carbons (Fsp3) is 0.333. The third-order valence-electron chi connectivity index (χ3n) is 3.10. The summed E-state index contributed by atoms with van der Waals surface area (Å²) in [7, 11) is 1.60. The predicted molar refractivity (Wildman–Crippen MR) is 80.2 cm³/mol. The van der Waals surface area contributed by atoms with E-state index in [-0.39, 0.29) is 5.69 Å². The normalized spacial score (nSPS) is 10.4. The first-order chi connectivity index (χ1) is 10.2. The molecule has 1 heterocycles. The molecule has 1 aromatic heterocycles. The van der Waals surface area contributed by atoms with E-state index in [0.29, 0.717) is 18.0 Å². The third-order valence-corrected chi connectivity index (χ3v) is 3.10. The fourth-order valence-corrected chi connectivity index (χ4v) is 1.86. The molecule has 0 radical (unpaired) electrons. The Morgan fingerprint density at radius 3 is 2.67 bits per heavy atom. The fourth-order valence-electron chi connectivity index (χ4n) is 1.86. The molecule has 2 aromatic rings. The molecule has 0 spiro atoms. The van der Waals surface area contributed by atoms with Crippen LogP contribution in [0.3, 0.4) is 0 Å². The van der Waals surface area contributed by atoms with Gasteiger partial charge in [0.2, 0.25) is 0 Å². The standard InChI is InChI=1S/C15H19N3O3/c1-3-4-9-21-15(19)14-12(16)13(17-18-14)10-5-7-11(20-2)8-6-10/h5-8H,3-4,9,16H2,1-2H3,(H,17,18). The molecule has 2 rings (SSSR count). The summed E-state index contributed by atoms with van der Waals surface area (Å²) in [6.45, 7) is 2.41. The molecular weight excluding hydrogens is 270 g/mol. The second-order valence-corrected chi connectivity index (χ2v) is 4.58. The lowest BCUT2D eigenvalue weighted by molar-refractivity contribution is 0.0494. The van der Waals surface area contributed by atoms with E-state index in [2.05, 4.69) is 10.2 Å². The summed E-state index contributed by atoms with van der Waals surface area (Å²) in [4.78, 5) is 11.9. The summed E-state index contributed by atoms with van der Waals surface area (Å²) in [5.41, 5.74) is 7.80. The van der Waals surface area contributed by atoms with Gasteiger partial charge in [-0.25, -0.2) is 4.79 Å². The number of benzene rings is 1. The number of carbonyl (C=O) groups is 1. The Kier molecular flexibility index (Phi) is 4.81. The summed E-state index contributed by atoms with van der Waals surface area (Å²) in [5, 5.41) is 6.75. The molecule has 0 aliphatic heterocycles. The van der Waals surface area contributed by atoms with Crippen LogP contribution in [0, 0.1) is 0 Å². The Bertz CT molecular complexity index is 605. The highest BCUT2D eigenvalue weighted by atomic mass is 16.5. The minimum Gasteiger partial charge on any atom is -0.497 e. The van der Waals surface area contributed by atoms with E-state index in [1.54, 1.807) is 7.11 Å². The Labute approximate surface area is 123 Å². The van der Waals surface area contributed by atoms with Crippen molar-refractivity contribution < 1.29 is 14.3 Å². The van der Waals surface area contributed by atoms with Crippen LogP contribution in [0.15, 0.2) is 24.3 Å². The first-order valence-electron chi connectivity index (χ1n) is 6.82. The van der Waals surface area contributed by atoms with Gasteiger partial charge in [-0.15, -0.1) is 0 Å². The van der Waals surface area contributed by atoms with Crippen molar-refractivity contribution >= 4 is 11.7 Å². The second kappa shape index (κ2) is 6.78. The van der Waals surface area contributed by atoms with Crippen molar-refractivity contribution in [1.82, 2.24) is 10.2 Å². The van der Waals surface area contributed by atoms with Crippen LogP contribution in [-0.2, 0) is 4.74 Å². The Morgan fingerprint density at radius 2 is 2.05 bits per heavy atom. The van der Waals surface area contributed by atoms with Gasteiger partial charge in [0.15, 0.2) is 5.69 Å². The maximum atomic E-state index is 11.9. The van der Waals surface area contributed by atoms with Gasteiger partial charge in [-0.2, -0.15) is 5.10 Å². The van der Waals surface area contributed by atoms with Gasteiger partial charge in [-0.05, 0) is 30.7 Å². The largest absolute Gasteiger partial charge is 0.497 e. The number of nitrogen functional groups attached to an aromatic ring is 1. The second-order valence-electron chi connectivity index (χ2n) is 4.58. The Morgan fingerprint density at radius 1 is 1.33 bits per heavy atom. The van der Waals surface area contributed by atoms with Crippen LogP contribution >= 0.6 is 0 Å². The van der Waals surface area contributed by atoms with E-state index in [1.165, 1.54) is 0 Å². The van der Waals surface area contributed by atoms with Crippen LogP contribution in [0.25, 0.3) is 11.3 Å². The number of nitrogens with two attached hydrogens (primary N) is 1. The highest BCUT2D eigenvalue weighted by Gasteiger charge is 2.19. The van der Waals surface area contributed by atoms with Crippen LogP contribution in [0.2, 0.25) is 0 Å². The monoisotopic (exact) mass is 289 g/mol. The number of hydrogen-bond acceptors (Lipinski definition) is 5. The van der Waals surface area contributed by atoms with E-state index < -0.39 is 5.97 Å². The number of anilines is 1. The number of hydrogen-bond donors (Lipinski definition) is 2. The molecule has 112 valence electrons. The van der Waals surface area contributed by atoms with Crippen LogP contribution in [0.1, 0.15) is 30.3 Å². The average molecular weight is 289 g/mol. The summed E-state index contributed by atoms with van der Waals surface area (Å²) in [6.07, 6.45) is 1.79. The molecule has 1 aromatic carbocycles. The van der Waals surface area contributed by atoms with Crippen molar-refractivity contribution in [1.29, 1.82) is 0 Å². The van der Waals surface area contributed by atoms with Crippen molar-refractivity contribution in [2.75, 3.05) is 19.5 Å². The summed E-state index contributed by atoms with van der Waals surface area (Å²) in [6, 6.07) is 7.28. The lowest BCUT2D eigenvalue weighted by Gasteiger charge is -2.03. The highest BCUT2D eigenvalue weighted by molar-refractivity contribution is 5.96. The molecule has 6 heteroatoms. The van der Waals surface area contributed by atoms with Crippen molar-refractivity contribution in [3.63, 3.8) is 0 Å². The number of ether oxygens (including phenoxy) is 2. The van der Waals surface area contributed by atoms with Crippen LogP contribution in [0.4, 0.5) is 5.69 Å². The number of carbonyl (C=O) groups excluding carboxylic acids is 1. The van der Waals surface area contributed by atoms with E-state index in [9.17, 15) is 4.79 Å². The summed E-state index contributed by atoms with van der Waals surface area (Å²) in [5.74, 6) is 0.264. The Hall–Kier alpha value is -2.50. The van der Waals surface area contributed by atoms with Crippen LogP contribution in [-0.4, -0.2) is 29.9 Å². The maximum Gasteiger partial charge on any atom is 0.358 e. The number of nitrogens with zero attached hydrogens (tertiary/aromatic N) is 1. The molecule has 0 aliphatic carbocycles. The lowest BCUT2D eigenvalue weighted by Crippen LogP contribution is -2.09. The molecule has 0 unspecified atom stereocenters. The molecule has 0 amide bonds. The minimum absolute atomic E-state index is 0.192. The van der Waals surface area contributed by atoms with E-state index in [0.717, 1.165) is 24.2 Å². The molecular formula is C15H19N3O3. The van der Waals surface area contributed by atoms with Crippen LogP contribution < -0.4 is 10.5 Å². The quantitative estimate of drug-likeness (QED) is 0.630. The number of esters is 1. The predicted octanol–water partition coefficient (Wildman–Crippen LogP) is 2.62. The van der Waals surface area contributed by atoms with E-state index in [4.69, 9.17) is 15.2 Å². The number of aromatic nitrogens is 2. The zero-order valence-corrected chi connectivity index (χ0v) is 12.2. The zero-order valence-electron chi connectivity index (χ0n) is 12.2. The highest BCUT2D eigenvalue weighted by Crippen LogP contribution is 2.27. The van der Waals surface area contributed by atoms with Gasteiger partial charge in [0.25, 0.3) is 0 Å². The topological polar surface area (TPSA) is 90.2 Å². The number of aromatic amines is 1. The molecule has 0 aliphatic rings. The smallest absolute Gasteiger partial charge is 0.358 e. The minimum atomic E-state index is -0.479. The lowest BCUT2D eigenvalue weighted by atomic mass is 10.1. The summed E-state index contributed by atoms with van der Waals surface area (Å²) < 4.78 is 10.2. The van der Waals surface area contributed by atoms with Crippen LogP contribution in [0.5, 0.6) is 5.75 Å².